The van der Waals surface area contributed by atoms with Gasteiger partial charge in [0, 0.05) is 36.0 Å². The summed E-state index contributed by atoms with van der Waals surface area (Å²) in [5.41, 5.74) is 1.35. The number of hydrogen-bond donors (Lipinski definition) is 1. The van der Waals surface area contributed by atoms with Gasteiger partial charge in [-0.3, -0.25) is 19.7 Å². The summed E-state index contributed by atoms with van der Waals surface area (Å²) in [6, 6.07) is 12.7. The van der Waals surface area contributed by atoms with Crippen molar-refractivity contribution in [2.45, 2.75) is 20.3 Å². The van der Waals surface area contributed by atoms with E-state index >= 15 is 0 Å². The maximum atomic E-state index is 12.3. The molecule has 0 aliphatic carbocycles. The molecule has 0 saturated heterocycles. The van der Waals surface area contributed by atoms with Gasteiger partial charge in [0.25, 0.3) is 11.6 Å². The Morgan fingerprint density at radius 3 is 2.23 bits per heavy atom. The van der Waals surface area contributed by atoms with Crippen molar-refractivity contribution >= 4 is 23.2 Å². The van der Waals surface area contributed by atoms with Gasteiger partial charge in [-0.05, 0) is 38.1 Å². The van der Waals surface area contributed by atoms with Crippen LogP contribution in [0, 0.1) is 10.1 Å². The fourth-order valence-corrected chi connectivity index (χ4v) is 2.61. The maximum Gasteiger partial charge on any atom is 0.273 e. The largest absolute Gasteiger partial charge is 0.339 e. The first-order chi connectivity index (χ1) is 12.5. The molecule has 2 aromatic carbocycles. The van der Waals surface area contributed by atoms with Crippen LogP contribution in [0.1, 0.15) is 29.8 Å². The highest BCUT2D eigenvalue weighted by Gasteiger charge is 2.16. The van der Waals surface area contributed by atoms with Gasteiger partial charge < -0.3 is 10.2 Å². The Balaban J connectivity index is 2.04. The van der Waals surface area contributed by atoms with E-state index in [0.29, 0.717) is 29.9 Å². The van der Waals surface area contributed by atoms with Crippen molar-refractivity contribution in [1.82, 2.24) is 4.90 Å². The second-order valence-corrected chi connectivity index (χ2v) is 5.67. The number of carbonyl (C=O) groups excluding carboxylic acids is 2. The van der Waals surface area contributed by atoms with Crippen LogP contribution in [0.15, 0.2) is 48.5 Å². The predicted octanol–water partition coefficient (Wildman–Crippen LogP) is 3.26. The molecule has 0 aliphatic rings. The molecule has 0 saturated carbocycles. The Labute approximate surface area is 151 Å². The van der Waals surface area contributed by atoms with E-state index in [0.717, 1.165) is 0 Å². The van der Waals surface area contributed by atoms with Gasteiger partial charge in [-0.25, -0.2) is 0 Å². The van der Waals surface area contributed by atoms with Crippen LogP contribution in [0.3, 0.4) is 0 Å². The number of benzene rings is 2. The van der Waals surface area contributed by atoms with Crippen molar-refractivity contribution in [3.05, 3.63) is 69.8 Å². The van der Waals surface area contributed by atoms with Crippen molar-refractivity contribution < 1.29 is 14.5 Å². The van der Waals surface area contributed by atoms with Crippen LogP contribution in [-0.4, -0.2) is 34.7 Å². The molecule has 0 unspecified atom stereocenters. The fraction of sp³-hybridized carbons (Fsp3) is 0.263. The van der Waals surface area contributed by atoms with E-state index in [1.165, 1.54) is 6.07 Å². The minimum atomic E-state index is -0.504. The normalized spacial score (nSPS) is 10.2. The minimum absolute atomic E-state index is 0.0622. The molecule has 0 aliphatic heterocycles. The van der Waals surface area contributed by atoms with E-state index < -0.39 is 4.92 Å². The lowest BCUT2D eigenvalue weighted by Gasteiger charge is -2.18. The molecule has 0 spiro atoms. The molecule has 7 heteroatoms. The number of rotatable bonds is 7. The summed E-state index contributed by atoms with van der Waals surface area (Å²) >= 11 is 0. The summed E-state index contributed by atoms with van der Waals surface area (Å²) in [7, 11) is 0. The third kappa shape index (κ3) is 4.66. The molecule has 0 heterocycles. The van der Waals surface area contributed by atoms with Crippen molar-refractivity contribution in [3.8, 4) is 0 Å². The van der Waals surface area contributed by atoms with Crippen LogP contribution in [0.25, 0.3) is 0 Å². The Kier molecular flexibility index (Phi) is 6.43. The lowest BCUT2D eigenvalue weighted by atomic mass is 10.1. The van der Waals surface area contributed by atoms with Gasteiger partial charge in [0.2, 0.25) is 5.91 Å². The number of anilines is 1. The molecule has 2 rings (SSSR count). The van der Waals surface area contributed by atoms with Crippen LogP contribution in [0.4, 0.5) is 11.4 Å². The van der Waals surface area contributed by atoms with E-state index in [1.807, 2.05) is 13.8 Å². The maximum absolute atomic E-state index is 12.3. The number of para-hydroxylation sites is 1. The smallest absolute Gasteiger partial charge is 0.273 e. The quantitative estimate of drug-likeness (QED) is 0.609. The lowest BCUT2D eigenvalue weighted by molar-refractivity contribution is -0.385. The van der Waals surface area contributed by atoms with Gasteiger partial charge in [0.15, 0.2) is 0 Å². The number of amides is 2. The summed E-state index contributed by atoms with van der Waals surface area (Å²) < 4.78 is 0. The second kappa shape index (κ2) is 8.75. The monoisotopic (exact) mass is 355 g/mol. The zero-order valence-electron chi connectivity index (χ0n) is 14.8. The molecule has 0 radical (unpaired) electrons. The van der Waals surface area contributed by atoms with Crippen molar-refractivity contribution in [1.29, 1.82) is 0 Å². The van der Waals surface area contributed by atoms with Gasteiger partial charge in [0.05, 0.1) is 11.3 Å². The molecule has 0 fully saturated rings. The standard InChI is InChI=1S/C19H21N3O4/c1-3-21(4-2)19(24)14-9-11-16(12-10-14)20-18(23)13-15-7-5-6-8-17(15)22(25)26/h5-12H,3-4,13H2,1-2H3,(H,20,23). The molecule has 7 nitrogen and oxygen atoms in total. The summed E-state index contributed by atoms with van der Waals surface area (Å²) in [4.78, 5) is 36.6. The van der Waals surface area contributed by atoms with Gasteiger partial charge in [0.1, 0.15) is 0 Å². The topological polar surface area (TPSA) is 92.6 Å². The third-order valence-corrected chi connectivity index (χ3v) is 4.01. The van der Waals surface area contributed by atoms with Gasteiger partial charge in [-0.15, -0.1) is 0 Å². The number of carbonyl (C=O) groups is 2. The molecule has 0 bridgehead atoms. The minimum Gasteiger partial charge on any atom is -0.339 e. The first-order valence-electron chi connectivity index (χ1n) is 8.37. The SMILES string of the molecule is CCN(CC)C(=O)c1ccc(NC(=O)Cc2ccccc2[N+](=O)[O-])cc1. The number of hydrogen-bond acceptors (Lipinski definition) is 4. The molecule has 0 aromatic heterocycles. The summed E-state index contributed by atoms with van der Waals surface area (Å²) in [5.74, 6) is -0.421. The Morgan fingerprint density at radius 2 is 1.65 bits per heavy atom. The molecule has 2 aromatic rings. The number of nitrogens with one attached hydrogen (secondary N) is 1. The molecule has 26 heavy (non-hydrogen) atoms. The highest BCUT2D eigenvalue weighted by Crippen LogP contribution is 2.19. The summed E-state index contributed by atoms with van der Waals surface area (Å²) in [6.07, 6.45) is -0.0999. The van der Waals surface area contributed by atoms with Crippen LogP contribution in [-0.2, 0) is 11.2 Å². The molecule has 1 N–H and O–H groups in total. The summed E-state index contributed by atoms with van der Waals surface area (Å²) in [5, 5.41) is 13.7. The molecule has 2 amide bonds. The van der Waals surface area contributed by atoms with E-state index in [1.54, 1.807) is 47.4 Å². The third-order valence-electron chi connectivity index (χ3n) is 4.01. The van der Waals surface area contributed by atoms with Crippen LogP contribution < -0.4 is 5.32 Å². The zero-order chi connectivity index (χ0) is 19.1. The Bertz CT molecular complexity index is 799. The number of nitro benzene ring substituents is 1. The first kappa shape index (κ1) is 19.1. The van der Waals surface area contributed by atoms with Crippen molar-refractivity contribution in [3.63, 3.8) is 0 Å². The average Bonchev–Trinajstić information content (AvgIpc) is 2.63. The predicted molar refractivity (Wildman–Crippen MR) is 99.1 cm³/mol. The van der Waals surface area contributed by atoms with Crippen LogP contribution >= 0.6 is 0 Å². The first-order valence-corrected chi connectivity index (χ1v) is 8.37. The van der Waals surface area contributed by atoms with Crippen molar-refractivity contribution in [2.24, 2.45) is 0 Å². The van der Waals surface area contributed by atoms with Crippen LogP contribution in [0.5, 0.6) is 0 Å². The average molecular weight is 355 g/mol. The highest BCUT2D eigenvalue weighted by molar-refractivity contribution is 5.96. The summed E-state index contributed by atoms with van der Waals surface area (Å²) in [6.45, 7) is 5.09. The number of nitrogens with zero attached hydrogens (tertiary/aromatic N) is 2. The van der Waals surface area contributed by atoms with Crippen LogP contribution in [0.2, 0.25) is 0 Å². The Morgan fingerprint density at radius 1 is 1.04 bits per heavy atom. The van der Waals surface area contributed by atoms with E-state index in [-0.39, 0.29) is 23.9 Å². The van der Waals surface area contributed by atoms with Crippen molar-refractivity contribution in [2.75, 3.05) is 18.4 Å². The number of nitro groups is 1. The van der Waals surface area contributed by atoms with E-state index in [9.17, 15) is 19.7 Å². The second-order valence-electron chi connectivity index (χ2n) is 5.67. The van der Waals surface area contributed by atoms with Gasteiger partial charge in [-0.1, -0.05) is 18.2 Å². The molecule has 0 atom stereocenters. The van der Waals surface area contributed by atoms with E-state index in [2.05, 4.69) is 5.32 Å². The Hall–Kier alpha value is -3.22. The highest BCUT2D eigenvalue weighted by atomic mass is 16.6. The molecular weight excluding hydrogens is 334 g/mol. The van der Waals surface area contributed by atoms with E-state index in [4.69, 9.17) is 0 Å². The van der Waals surface area contributed by atoms with Gasteiger partial charge in [-0.2, -0.15) is 0 Å². The van der Waals surface area contributed by atoms with Gasteiger partial charge >= 0.3 is 0 Å². The lowest BCUT2D eigenvalue weighted by Crippen LogP contribution is -2.30. The molecular formula is C19H21N3O4. The fourth-order valence-electron chi connectivity index (χ4n) is 2.61. The molecule has 136 valence electrons. The zero-order valence-corrected chi connectivity index (χ0v) is 14.8.